The van der Waals surface area contributed by atoms with Gasteiger partial charge in [-0.1, -0.05) is 35.1 Å². The van der Waals surface area contributed by atoms with Crippen molar-refractivity contribution in [2.75, 3.05) is 57.0 Å². The number of nitrogen functional groups attached to an aromatic ring is 1. The third kappa shape index (κ3) is 4.67. The molecule has 3 N–H and O–H groups in total. The van der Waals surface area contributed by atoms with Crippen LogP contribution in [0.3, 0.4) is 0 Å². The summed E-state index contributed by atoms with van der Waals surface area (Å²) in [6, 6.07) is 8.02. The normalized spacial score (nSPS) is 18.8. The van der Waals surface area contributed by atoms with E-state index in [1.807, 2.05) is 18.2 Å². The predicted octanol–water partition coefficient (Wildman–Crippen LogP) is 4.55. The first-order valence-corrected chi connectivity index (χ1v) is 13.8. The van der Waals surface area contributed by atoms with Crippen LogP contribution >= 0.6 is 22.9 Å². The Morgan fingerprint density at radius 2 is 2.03 bits per heavy atom. The average molecular weight is 542 g/mol. The number of benzene rings is 2. The van der Waals surface area contributed by atoms with Gasteiger partial charge in [-0.2, -0.15) is 9.97 Å². The summed E-state index contributed by atoms with van der Waals surface area (Å²) >= 11 is 8.11. The maximum Gasteiger partial charge on any atom is 0.319 e. The molecule has 4 aromatic rings. The fourth-order valence-corrected chi connectivity index (χ4v) is 6.44. The molecule has 4 heterocycles. The van der Waals surface area contributed by atoms with Crippen LogP contribution in [0.15, 0.2) is 24.3 Å². The van der Waals surface area contributed by atoms with Crippen LogP contribution in [0, 0.1) is 5.82 Å². The molecule has 0 radical (unpaired) electrons. The van der Waals surface area contributed by atoms with Crippen molar-refractivity contribution in [1.82, 2.24) is 25.2 Å². The summed E-state index contributed by atoms with van der Waals surface area (Å²) < 4.78 is 23.3. The Bertz CT molecular complexity index is 1460. The number of fused-ring (bicyclic) bond motifs is 2. The molecule has 0 saturated carbocycles. The Kier molecular flexibility index (Phi) is 6.74. The minimum Gasteiger partial charge on any atom is -0.463 e. The zero-order valence-electron chi connectivity index (χ0n) is 20.6. The summed E-state index contributed by atoms with van der Waals surface area (Å²) in [5.41, 5.74) is 7.62. The molecule has 2 saturated heterocycles. The molecule has 2 fully saturated rings. The largest absolute Gasteiger partial charge is 0.463 e. The number of piperazine rings is 1. The van der Waals surface area contributed by atoms with E-state index in [1.165, 1.54) is 17.8 Å². The van der Waals surface area contributed by atoms with Crippen molar-refractivity contribution in [3.8, 4) is 17.1 Å². The van der Waals surface area contributed by atoms with Crippen LogP contribution < -0.4 is 20.7 Å². The molecule has 8 nitrogen and oxygen atoms in total. The molecule has 11 heteroatoms. The van der Waals surface area contributed by atoms with E-state index in [0.29, 0.717) is 40.1 Å². The number of ether oxygens (including phenoxy) is 1. The topological polar surface area (TPSA) is 92.4 Å². The third-order valence-electron chi connectivity index (χ3n) is 7.32. The molecule has 2 aromatic heterocycles. The molecule has 2 aliphatic heterocycles. The Labute approximate surface area is 223 Å². The van der Waals surface area contributed by atoms with Gasteiger partial charge in [0.05, 0.1) is 21.8 Å². The lowest BCUT2D eigenvalue weighted by Gasteiger charge is -2.29. The van der Waals surface area contributed by atoms with Crippen molar-refractivity contribution in [2.45, 2.75) is 25.3 Å². The van der Waals surface area contributed by atoms with E-state index in [0.717, 1.165) is 50.3 Å². The zero-order valence-corrected chi connectivity index (χ0v) is 22.2. The number of nitrogens with zero attached hydrogens (tertiary/aromatic N) is 5. The van der Waals surface area contributed by atoms with Crippen molar-refractivity contribution in [2.24, 2.45) is 0 Å². The molecule has 6 rings (SSSR count). The van der Waals surface area contributed by atoms with E-state index in [9.17, 15) is 0 Å². The van der Waals surface area contributed by atoms with Gasteiger partial charge >= 0.3 is 6.01 Å². The van der Waals surface area contributed by atoms with Gasteiger partial charge in [-0.05, 0) is 45.0 Å². The number of halogens is 2. The average Bonchev–Trinajstić information content (AvgIpc) is 3.49. The van der Waals surface area contributed by atoms with Crippen LogP contribution in [0.1, 0.15) is 19.3 Å². The maximum absolute atomic E-state index is 16.4. The van der Waals surface area contributed by atoms with Crippen LogP contribution in [0.5, 0.6) is 6.01 Å². The lowest BCUT2D eigenvalue weighted by Crippen LogP contribution is -2.44. The summed E-state index contributed by atoms with van der Waals surface area (Å²) in [5, 5.41) is 4.62. The first-order valence-electron chi connectivity index (χ1n) is 12.6. The van der Waals surface area contributed by atoms with E-state index < -0.39 is 5.82 Å². The highest BCUT2D eigenvalue weighted by Crippen LogP contribution is 2.42. The molecule has 37 heavy (non-hydrogen) atoms. The number of likely N-dealkylation sites (tertiary alicyclic amines) is 1. The number of anilines is 2. The van der Waals surface area contributed by atoms with Gasteiger partial charge in [0.15, 0.2) is 10.9 Å². The molecule has 1 unspecified atom stereocenters. The second-order valence-corrected chi connectivity index (χ2v) is 11.1. The van der Waals surface area contributed by atoms with Crippen molar-refractivity contribution in [3.05, 3.63) is 35.1 Å². The number of para-hydroxylation sites is 1. The zero-order chi connectivity index (χ0) is 25.5. The van der Waals surface area contributed by atoms with Gasteiger partial charge in [0.2, 0.25) is 0 Å². The van der Waals surface area contributed by atoms with Crippen LogP contribution in [-0.4, -0.2) is 72.3 Å². The molecular weight excluding hydrogens is 513 g/mol. The van der Waals surface area contributed by atoms with Gasteiger partial charge in [-0.15, -0.1) is 0 Å². The standard InChI is InChI=1S/C26H29ClFN7OS/c1-34-10-3-4-15(34)7-13-36-26-32-23-17(24(33-26)35-11-8-30-9-12-35)14-18(27)20(21(23)28)16-5-2-6-19-22(16)31-25(29)37-19/h2,5-6,14-15,30H,3-4,7-13H2,1H3,(H2,29,31). The minimum atomic E-state index is -0.513. The van der Waals surface area contributed by atoms with Crippen molar-refractivity contribution in [1.29, 1.82) is 0 Å². The van der Waals surface area contributed by atoms with Crippen molar-refractivity contribution in [3.63, 3.8) is 0 Å². The molecule has 2 aliphatic rings. The summed E-state index contributed by atoms with van der Waals surface area (Å²) in [7, 11) is 2.14. The highest BCUT2D eigenvalue weighted by atomic mass is 35.5. The summed E-state index contributed by atoms with van der Waals surface area (Å²) in [6.07, 6.45) is 3.24. The Morgan fingerprint density at radius 1 is 1.19 bits per heavy atom. The molecular formula is C26H29ClFN7OS. The van der Waals surface area contributed by atoms with Crippen LogP contribution in [-0.2, 0) is 0 Å². The molecule has 0 spiro atoms. The molecule has 0 aliphatic carbocycles. The molecule has 2 aromatic carbocycles. The lowest BCUT2D eigenvalue weighted by molar-refractivity contribution is 0.223. The molecule has 0 amide bonds. The first-order chi connectivity index (χ1) is 18.0. The molecule has 1 atom stereocenters. The second-order valence-electron chi connectivity index (χ2n) is 9.63. The third-order valence-corrected chi connectivity index (χ3v) is 8.47. The molecule has 0 bridgehead atoms. The Hall–Kier alpha value is -2.79. The van der Waals surface area contributed by atoms with Crippen molar-refractivity contribution >= 4 is 55.0 Å². The SMILES string of the molecule is CN1CCCC1CCOc1nc(N2CCNCC2)c2cc(Cl)c(-c3cccc4sc(N)nc34)c(F)c2n1. The minimum absolute atomic E-state index is 0.185. The van der Waals surface area contributed by atoms with Crippen LogP contribution in [0.4, 0.5) is 15.3 Å². The summed E-state index contributed by atoms with van der Waals surface area (Å²) in [6.45, 7) is 4.71. The van der Waals surface area contributed by atoms with E-state index in [1.54, 1.807) is 6.07 Å². The number of hydrogen-bond donors (Lipinski definition) is 2. The highest BCUT2D eigenvalue weighted by Gasteiger charge is 2.25. The Morgan fingerprint density at radius 3 is 2.81 bits per heavy atom. The van der Waals surface area contributed by atoms with E-state index in [4.69, 9.17) is 27.1 Å². The number of aromatic nitrogens is 3. The molecule has 194 valence electrons. The Balaban J connectivity index is 1.45. The van der Waals surface area contributed by atoms with E-state index in [2.05, 4.69) is 32.1 Å². The van der Waals surface area contributed by atoms with E-state index in [-0.39, 0.29) is 22.1 Å². The summed E-state index contributed by atoms with van der Waals surface area (Å²) in [5.74, 6) is 0.128. The first kappa shape index (κ1) is 24.5. The number of thiazole rings is 1. The van der Waals surface area contributed by atoms with Gasteiger partial charge < -0.3 is 25.6 Å². The van der Waals surface area contributed by atoms with Crippen LogP contribution in [0.2, 0.25) is 5.02 Å². The maximum atomic E-state index is 16.4. The second kappa shape index (κ2) is 10.2. The van der Waals surface area contributed by atoms with Crippen molar-refractivity contribution < 1.29 is 9.13 Å². The monoisotopic (exact) mass is 541 g/mol. The highest BCUT2D eigenvalue weighted by molar-refractivity contribution is 7.22. The van der Waals surface area contributed by atoms with Gasteiger partial charge in [-0.3, -0.25) is 0 Å². The number of nitrogens with two attached hydrogens (primary N) is 1. The predicted molar refractivity (Wildman–Crippen MR) is 148 cm³/mol. The lowest BCUT2D eigenvalue weighted by atomic mass is 10.0. The van der Waals surface area contributed by atoms with Gasteiger partial charge in [-0.25, -0.2) is 9.37 Å². The van der Waals surface area contributed by atoms with Gasteiger partial charge in [0, 0.05) is 48.7 Å². The summed E-state index contributed by atoms with van der Waals surface area (Å²) in [4.78, 5) is 18.2. The number of hydrogen-bond acceptors (Lipinski definition) is 9. The van der Waals surface area contributed by atoms with Gasteiger partial charge in [0.1, 0.15) is 11.3 Å². The quantitative estimate of drug-likeness (QED) is 0.367. The fourth-order valence-electron chi connectivity index (χ4n) is 5.39. The fraction of sp³-hybridized carbons (Fsp3) is 0.423. The van der Waals surface area contributed by atoms with E-state index >= 15 is 4.39 Å². The number of rotatable bonds is 6. The number of nitrogens with one attached hydrogen (secondary N) is 1. The van der Waals surface area contributed by atoms with Gasteiger partial charge in [0.25, 0.3) is 0 Å². The van der Waals surface area contributed by atoms with Crippen LogP contribution in [0.25, 0.3) is 32.2 Å². The smallest absolute Gasteiger partial charge is 0.319 e.